The first-order valence-corrected chi connectivity index (χ1v) is 7.22. The van der Waals surface area contributed by atoms with Crippen molar-refractivity contribution < 1.29 is 9.21 Å². The van der Waals surface area contributed by atoms with Crippen LogP contribution in [0.15, 0.2) is 40.9 Å². The zero-order chi connectivity index (χ0) is 15.7. The van der Waals surface area contributed by atoms with E-state index in [4.69, 9.17) is 4.42 Å². The fourth-order valence-corrected chi connectivity index (χ4v) is 2.37. The summed E-state index contributed by atoms with van der Waals surface area (Å²) in [7, 11) is 0. The van der Waals surface area contributed by atoms with Crippen molar-refractivity contribution in [3.05, 3.63) is 48.1 Å². The molecule has 0 saturated carbocycles. The number of benzene rings is 1. The molecule has 0 saturated heterocycles. The van der Waals surface area contributed by atoms with E-state index in [0.29, 0.717) is 5.89 Å². The molecule has 0 spiro atoms. The van der Waals surface area contributed by atoms with Crippen molar-refractivity contribution in [3.8, 4) is 0 Å². The summed E-state index contributed by atoms with van der Waals surface area (Å²) in [5.41, 5.74) is 2.45. The maximum atomic E-state index is 12.4. The molecule has 0 aliphatic rings. The van der Waals surface area contributed by atoms with Crippen molar-refractivity contribution in [2.24, 2.45) is 0 Å². The molecule has 0 aliphatic heterocycles. The predicted octanol–water partition coefficient (Wildman–Crippen LogP) is 2.77. The molecule has 2 atom stereocenters. The molecule has 1 aromatic carbocycles. The summed E-state index contributed by atoms with van der Waals surface area (Å²) in [5.74, 6) is 0.375. The Kier molecular flexibility index (Phi) is 3.66. The third-order valence-corrected chi connectivity index (χ3v) is 3.65. The van der Waals surface area contributed by atoms with E-state index in [1.54, 1.807) is 10.9 Å². The van der Waals surface area contributed by atoms with Gasteiger partial charge in [0, 0.05) is 11.9 Å². The van der Waals surface area contributed by atoms with Gasteiger partial charge < -0.3 is 9.73 Å². The molecular weight excluding hydrogens is 280 g/mol. The molecule has 2 aromatic heterocycles. The van der Waals surface area contributed by atoms with Crippen molar-refractivity contribution >= 4 is 17.0 Å². The van der Waals surface area contributed by atoms with Gasteiger partial charge in [-0.2, -0.15) is 5.10 Å². The van der Waals surface area contributed by atoms with E-state index in [0.717, 1.165) is 16.8 Å². The normalized spacial score (nSPS) is 14.0. The molecular formula is C16H18N4O2. The number of aryl methyl sites for hydroxylation is 1. The molecule has 2 heterocycles. The first-order chi connectivity index (χ1) is 10.6. The van der Waals surface area contributed by atoms with Gasteiger partial charge in [-0.15, -0.1) is 0 Å². The lowest BCUT2D eigenvalue weighted by molar-refractivity contribution is -0.125. The molecule has 0 bridgehead atoms. The maximum Gasteiger partial charge on any atom is 0.245 e. The lowest BCUT2D eigenvalue weighted by Crippen LogP contribution is -2.33. The van der Waals surface area contributed by atoms with Crippen LogP contribution in [0.3, 0.4) is 0 Å². The molecule has 3 rings (SSSR count). The number of amides is 1. The standard InChI is InChI=1S/C16H18N4O2/c1-10-8-9-17-20(10)12(3)15(21)18-11(2)16-19-13-6-4-5-7-14(13)22-16/h4-9,11-12H,1-3H3,(H,18,21). The highest BCUT2D eigenvalue weighted by Crippen LogP contribution is 2.20. The Morgan fingerprint density at radius 1 is 1.27 bits per heavy atom. The van der Waals surface area contributed by atoms with Crippen LogP contribution in [0.2, 0.25) is 0 Å². The number of carbonyl (C=O) groups is 1. The second kappa shape index (κ2) is 5.63. The molecule has 6 nitrogen and oxygen atoms in total. The van der Waals surface area contributed by atoms with Crippen molar-refractivity contribution in [1.29, 1.82) is 0 Å². The summed E-state index contributed by atoms with van der Waals surface area (Å²) in [6.07, 6.45) is 1.68. The highest BCUT2D eigenvalue weighted by molar-refractivity contribution is 5.80. The molecule has 3 aromatic rings. The van der Waals surface area contributed by atoms with E-state index in [1.807, 2.05) is 51.1 Å². The zero-order valence-corrected chi connectivity index (χ0v) is 12.8. The van der Waals surface area contributed by atoms with Gasteiger partial charge in [-0.3, -0.25) is 9.48 Å². The number of aromatic nitrogens is 3. The van der Waals surface area contributed by atoms with Gasteiger partial charge in [0.1, 0.15) is 17.6 Å². The van der Waals surface area contributed by atoms with E-state index in [-0.39, 0.29) is 18.0 Å². The average Bonchev–Trinajstić information content (AvgIpc) is 3.12. The molecule has 1 N–H and O–H groups in total. The van der Waals surface area contributed by atoms with Gasteiger partial charge in [-0.05, 0) is 39.0 Å². The van der Waals surface area contributed by atoms with Crippen LogP contribution in [-0.2, 0) is 4.79 Å². The SMILES string of the molecule is Cc1ccnn1C(C)C(=O)NC(C)c1nc2ccccc2o1. The Labute approximate surface area is 128 Å². The molecule has 22 heavy (non-hydrogen) atoms. The molecule has 2 unspecified atom stereocenters. The largest absolute Gasteiger partial charge is 0.438 e. The summed E-state index contributed by atoms with van der Waals surface area (Å²) >= 11 is 0. The number of fused-ring (bicyclic) bond motifs is 1. The summed E-state index contributed by atoms with van der Waals surface area (Å²) in [4.78, 5) is 16.8. The van der Waals surface area contributed by atoms with E-state index < -0.39 is 0 Å². The van der Waals surface area contributed by atoms with Crippen LogP contribution in [0.4, 0.5) is 0 Å². The molecule has 0 aliphatic carbocycles. The van der Waals surface area contributed by atoms with Crippen molar-refractivity contribution in [3.63, 3.8) is 0 Å². The summed E-state index contributed by atoms with van der Waals surface area (Å²) in [6.45, 7) is 5.58. The van der Waals surface area contributed by atoms with Crippen molar-refractivity contribution in [1.82, 2.24) is 20.1 Å². The number of hydrogen-bond donors (Lipinski definition) is 1. The van der Waals surface area contributed by atoms with E-state index in [2.05, 4.69) is 15.4 Å². The lowest BCUT2D eigenvalue weighted by Gasteiger charge is -2.17. The highest BCUT2D eigenvalue weighted by Gasteiger charge is 2.21. The maximum absolute atomic E-state index is 12.4. The van der Waals surface area contributed by atoms with Crippen molar-refractivity contribution in [2.75, 3.05) is 0 Å². The third kappa shape index (κ3) is 2.59. The number of nitrogens with one attached hydrogen (secondary N) is 1. The zero-order valence-electron chi connectivity index (χ0n) is 12.8. The van der Waals surface area contributed by atoms with Crippen LogP contribution in [0, 0.1) is 6.92 Å². The molecule has 6 heteroatoms. The van der Waals surface area contributed by atoms with Crippen LogP contribution in [0.5, 0.6) is 0 Å². The third-order valence-electron chi connectivity index (χ3n) is 3.65. The number of para-hydroxylation sites is 2. The molecule has 0 fully saturated rings. The Morgan fingerprint density at radius 3 is 2.73 bits per heavy atom. The quantitative estimate of drug-likeness (QED) is 0.804. The fourth-order valence-electron chi connectivity index (χ4n) is 2.37. The van der Waals surface area contributed by atoms with E-state index >= 15 is 0 Å². The highest BCUT2D eigenvalue weighted by atomic mass is 16.3. The number of hydrogen-bond acceptors (Lipinski definition) is 4. The number of nitrogens with zero attached hydrogens (tertiary/aromatic N) is 3. The second-order valence-corrected chi connectivity index (χ2v) is 5.34. The number of oxazole rings is 1. The first kappa shape index (κ1) is 14.3. The Hall–Kier alpha value is -2.63. The Balaban J connectivity index is 1.74. The molecule has 0 radical (unpaired) electrons. The summed E-state index contributed by atoms with van der Waals surface area (Å²) < 4.78 is 7.37. The van der Waals surface area contributed by atoms with Gasteiger partial charge in [0.2, 0.25) is 11.8 Å². The van der Waals surface area contributed by atoms with Gasteiger partial charge >= 0.3 is 0 Å². The number of rotatable bonds is 4. The number of carbonyl (C=O) groups excluding carboxylic acids is 1. The van der Waals surface area contributed by atoms with E-state index in [1.165, 1.54) is 0 Å². The Morgan fingerprint density at radius 2 is 2.05 bits per heavy atom. The second-order valence-electron chi connectivity index (χ2n) is 5.34. The fraction of sp³-hybridized carbons (Fsp3) is 0.312. The first-order valence-electron chi connectivity index (χ1n) is 7.22. The van der Waals surface area contributed by atoms with Gasteiger partial charge in [0.15, 0.2) is 5.58 Å². The monoisotopic (exact) mass is 298 g/mol. The molecule has 114 valence electrons. The van der Waals surface area contributed by atoms with Crippen LogP contribution >= 0.6 is 0 Å². The minimum atomic E-state index is -0.387. The summed E-state index contributed by atoms with van der Waals surface area (Å²) in [6, 6.07) is 8.71. The van der Waals surface area contributed by atoms with E-state index in [9.17, 15) is 4.79 Å². The minimum absolute atomic E-state index is 0.124. The van der Waals surface area contributed by atoms with Gasteiger partial charge in [0.05, 0.1) is 0 Å². The van der Waals surface area contributed by atoms with Crippen LogP contribution in [0.25, 0.3) is 11.1 Å². The predicted molar refractivity (Wildman–Crippen MR) is 82.2 cm³/mol. The Bertz CT molecular complexity index is 772. The van der Waals surface area contributed by atoms with Gasteiger partial charge in [0.25, 0.3) is 0 Å². The van der Waals surface area contributed by atoms with Gasteiger partial charge in [-0.1, -0.05) is 12.1 Å². The smallest absolute Gasteiger partial charge is 0.245 e. The molecule has 1 amide bonds. The topological polar surface area (TPSA) is 73.0 Å². The minimum Gasteiger partial charge on any atom is -0.438 e. The summed E-state index contributed by atoms with van der Waals surface area (Å²) in [5, 5.41) is 7.08. The lowest BCUT2D eigenvalue weighted by atomic mass is 10.2. The van der Waals surface area contributed by atoms with Crippen LogP contribution in [-0.4, -0.2) is 20.7 Å². The van der Waals surface area contributed by atoms with Crippen LogP contribution in [0.1, 0.15) is 37.5 Å². The van der Waals surface area contributed by atoms with Crippen LogP contribution < -0.4 is 5.32 Å². The van der Waals surface area contributed by atoms with Gasteiger partial charge in [-0.25, -0.2) is 4.98 Å². The van der Waals surface area contributed by atoms with Crippen molar-refractivity contribution in [2.45, 2.75) is 32.9 Å². The average molecular weight is 298 g/mol.